The van der Waals surface area contributed by atoms with Crippen molar-refractivity contribution in [2.75, 3.05) is 7.11 Å². The number of sulfonamides is 1. The molecule has 0 atom stereocenters. The van der Waals surface area contributed by atoms with E-state index in [1.165, 1.54) is 12.1 Å². The van der Waals surface area contributed by atoms with Crippen molar-refractivity contribution in [3.63, 3.8) is 0 Å². The molecule has 112 valence electrons. The minimum absolute atomic E-state index is 0.0465. The third-order valence-electron chi connectivity index (χ3n) is 2.75. The van der Waals surface area contributed by atoms with Gasteiger partial charge in [-0.15, -0.1) is 0 Å². The van der Waals surface area contributed by atoms with Crippen molar-refractivity contribution in [2.24, 2.45) is 5.14 Å². The molecule has 0 saturated heterocycles. The summed E-state index contributed by atoms with van der Waals surface area (Å²) in [5, 5.41) is 5.03. The Labute approximate surface area is 123 Å². The van der Waals surface area contributed by atoms with Gasteiger partial charge in [-0.1, -0.05) is 0 Å². The summed E-state index contributed by atoms with van der Waals surface area (Å²) >= 11 is 0. The predicted molar refractivity (Wildman–Crippen MR) is 77.7 cm³/mol. The van der Waals surface area contributed by atoms with Crippen molar-refractivity contribution < 1.29 is 17.9 Å². The maximum absolute atomic E-state index is 11.1. The lowest BCUT2D eigenvalue weighted by Gasteiger charge is -2.08. The largest absolute Gasteiger partial charge is 0.497 e. The quantitative estimate of drug-likeness (QED) is 0.906. The van der Waals surface area contributed by atoms with Crippen molar-refractivity contribution >= 4 is 10.0 Å². The summed E-state index contributed by atoms with van der Waals surface area (Å²) in [4.78, 5) is 4.38. The van der Waals surface area contributed by atoms with E-state index >= 15 is 0 Å². The van der Waals surface area contributed by atoms with Gasteiger partial charge in [-0.25, -0.2) is 13.6 Å². The molecule has 7 heteroatoms. The number of nitrogens with two attached hydrogens (primary N) is 1. The first-order valence-corrected chi connectivity index (χ1v) is 7.70. The number of nitrogens with zero attached hydrogens (tertiary/aromatic N) is 1. The molecule has 2 aromatic rings. The summed E-state index contributed by atoms with van der Waals surface area (Å²) in [6, 6.07) is 9.50. The maximum Gasteiger partial charge on any atom is 0.238 e. The predicted octanol–water partition coefficient (Wildman–Crippen LogP) is 1.63. The van der Waals surface area contributed by atoms with E-state index in [1.807, 2.05) is 13.0 Å². The molecule has 2 rings (SSSR count). The Morgan fingerprint density at radius 1 is 1.14 bits per heavy atom. The minimum atomic E-state index is -3.69. The molecule has 0 aliphatic heterocycles. The number of ether oxygens (including phenoxy) is 2. The Morgan fingerprint density at radius 2 is 1.81 bits per heavy atom. The van der Waals surface area contributed by atoms with Crippen LogP contribution in [0.3, 0.4) is 0 Å². The molecule has 1 aromatic carbocycles. The Morgan fingerprint density at radius 3 is 2.38 bits per heavy atom. The van der Waals surface area contributed by atoms with Gasteiger partial charge in [0.1, 0.15) is 18.1 Å². The second-order valence-corrected chi connectivity index (χ2v) is 6.01. The first-order chi connectivity index (χ1) is 9.88. The van der Waals surface area contributed by atoms with Crippen LogP contribution in [0, 0.1) is 6.92 Å². The number of aryl methyl sites for hydroxylation is 1. The first-order valence-electron chi connectivity index (χ1n) is 6.16. The molecular formula is C14H16N2O4S. The lowest BCUT2D eigenvalue weighted by molar-refractivity contribution is 0.299. The number of hydrogen-bond donors (Lipinski definition) is 1. The zero-order chi connectivity index (χ0) is 15.5. The van der Waals surface area contributed by atoms with E-state index in [4.69, 9.17) is 14.6 Å². The molecule has 0 saturated carbocycles. The van der Waals surface area contributed by atoms with Crippen LogP contribution in [0.4, 0.5) is 0 Å². The molecule has 0 radical (unpaired) electrons. The zero-order valence-corrected chi connectivity index (χ0v) is 12.6. The third-order valence-corrected chi connectivity index (χ3v) is 3.68. The highest BCUT2D eigenvalue weighted by Crippen LogP contribution is 2.18. The van der Waals surface area contributed by atoms with Crippen molar-refractivity contribution in [1.82, 2.24) is 4.98 Å². The molecule has 0 bridgehead atoms. The van der Waals surface area contributed by atoms with Crippen LogP contribution < -0.4 is 14.6 Å². The number of pyridine rings is 1. The van der Waals surface area contributed by atoms with Gasteiger partial charge in [0.15, 0.2) is 0 Å². The van der Waals surface area contributed by atoms with E-state index in [1.54, 1.807) is 25.3 Å². The first kappa shape index (κ1) is 15.3. The molecule has 0 amide bonds. The van der Waals surface area contributed by atoms with Crippen molar-refractivity contribution in [3.8, 4) is 11.5 Å². The highest BCUT2D eigenvalue weighted by atomic mass is 32.2. The fourth-order valence-electron chi connectivity index (χ4n) is 1.78. The maximum atomic E-state index is 11.1. The lowest BCUT2D eigenvalue weighted by Crippen LogP contribution is -2.11. The second-order valence-electron chi connectivity index (χ2n) is 4.44. The highest BCUT2D eigenvalue weighted by Gasteiger charge is 2.07. The Bertz CT molecular complexity index is 727. The normalized spacial score (nSPS) is 11.2. The van der Waals surface area contributed by atoms with Gasteiger partial charge in [0, 0.05) is 17.8 Å². The third kappa shape index (κ3) is 4.17. The molecule has 6 nitrogen and oxygen atoms in total. The average Bonchev–Trinajstić information content (AvgIpc) is 2.44. The van der Waals surface area contributed by atoms with Gasteiger partial charge in [-0.3, -0.25) is 4.98 Å². The molecule has 2 N–H and O–H groups in total. The van der Waals surface area contributed by atoms with Crippen LogP contribution >= 0.6 is 0 Å². The number of aromatic nitrogens is 1. The number of hydrogen-bond acceptors (Lipinski definition) is 5. The van der Waals surface area contributed by atoms with Crippen LogP contribution in [0.25, 0.3) is 0 Å². The fourth-order valence-corrected chi connectivity index (χ4v) is 2.29. The molecular weight excluding hydrogens is 292 g/mol. The van der Waals surface area contributed by atoms with Crippen molar-refractivity contribution in [2.45, 2.75) is 18.4 Å². The number of methoxy groups -OCH3 is 1. The monoisotopic (exact) mass is 308 g/mol. The summed E-state index contributed by atoms with van der Waals surface area (Å²) in [5.41, 5.74) is 1.56. The average molecular weight is 308 g/mol. The molecule has 0 aliphatic carbocycles. The Kier molecular flexibility index (Phi) is 4.44. The molecule has 21 heavy (non-hydrogen) atoms. The van der Waals surface area contributed by atoms with Crippen LogP contribution in [-0.2, 0) is 16.6 Å². The number of benzene rings is 1. The van der Waals surface area contributed by atoms with E-state index in [-0.39, 0.29) is 11.5 Å². The SMILES string of the molecule is COc1cc(C)nc(COc2ccc(S(N)(=O)=O)cc2)c1. The van der Waals surface area contributed by atoms with Crippen molar-refractivity contribution in [3.05, 3.63) is 47.8 Å². The van der Waals surface area contributed by atoms with E-state index in [0.717, 1.165) is 11.4 Å². The number of primary sulfonamides is 1. The molecule has 1 heterocycles. The van der Waals surface area contributed by atoms with Crippen LogP contribution in [0.15, 0.2) is 41.3 Å². The topological polar surface area (TPSA) is 91.5 Å². The summed E-state index contributed by atoms with van der Waals surface area (Å²) in [5.74, 6) is 1.25. The molecule has 0 fully saturated rings. The standard InChI is InChI=1S/C14H16N2O4S/c1-10-7-13(19-2)8-11(16-10)9-20-12-3-5-14(6-4-12)21(15,17)18/h3-8H,9H2,1-2H3,(H2,15,17,18). The molecule has 0 aliphatic rings. The fraction of sp³-hybridized carbons (Fsp3) is 0.214. The minimum Gasteiger partial charge on any atom is -0.497 e. The van der Waals surface area contributed by atoms with Crippen LogP contribution in [0.2, 0.25) is 0 Å². The highest BCUT2D eigenvalue weighted by molar-refractivity contribution is 7.89. The second kappa shape index (κ2) is 6.11. The summed E-state index contributed by atoms with van der Waals surface area (Å²) in [7, 11) is -2.10. The van der Waals surface area contributed by atoms with Gasteiger partial charge in [-0.05, 0) is 31.2 Å². The van der Waals surface area contributed by atoms with Gasteiger partial charge in [-0.2, -0.15) is 0 Å². The van der Waals surface area contributed by atoms with Gasteiger partial charge in [0.25, 0.3) is 0 Å². The van der Waals surface area contributed by atoms with E-state index in [0.29, 0.717) is 11.5 Å². The molecule has 0 spiro atoms. The summed E-state index contributed by atoms with van der Waals surface area (Å²) in [6.45, 7) is 2.12. The van der Waals surface area contributed by atoms with Crippen molar-refractivity contribution in [1.29, 1.82) is 0 Å². The summed E-state index contributed by atoms with van der Waals surface area (Å²) in [6.07, 6.45) is 0. The van der Waals surface area contributed by atoms with E-state index in [9.17, 15) is 8.42 Å². The van der Waals surface area contributed by atoms with E-state index < -0.39 is 10.0 Å². The van der Waals surface area contributed by atoms with Gasteiger partial charge in [0.05, 0.1) is 17.7 Å². The lowest BCUT2D eigenvalue weighted by atomic mass is 10.3. The molecule has 0 unspecified atom stereocenters. The zero-order valence-electron chi connectivity index (χ0n) is 11.7. The van der Waals surface area contributed by atoms with Crippen LogP contribution in [-0.4, -0.2) is 20.5 Å². The summed E-state index contributed by atoms with van der Waals surface area (Å²) < 4.78 is 33.0. The number of rotatable bonds is 5. The molecule has 1 aromatic heterocycles. The Balaban J connectivity index is 2.08. The van der Waals surface area contributed by atoms with Crippen LogP contribution in [0.1, 0.15) is 11.4 Å². The van der Waals surface area contributed by atoms with Gasteiger partial charge in [0.2, 0.25) is 10.0 Å². The Hall–Kier alpha value is -2.12. The van der Waals surface area contributed by atoms with Crippen LogP contribution in [0.5, 0.6) is 11.5 Å². The van der Waals surface area contributed by atoms with E-state index in [2.05, 4.69) is 4.98 Å². The smallest absolute Gasteiger partial charge is 0.238 e. The van der Waals surface area contributed by atoms with Gasteiger partial charge >= 0.3 is 0 Å². The van der Waals surface area contributed by atoms with Gasteiger partial charge < -0.3 is 9.47 Å².